The Morgan fingerprint density at radius 1 is 1.24 bits per heavy atom. The van der Waals surface area contributed by atoms with Crippen LogP contribution in [0.25, 0.3) is 0 Å². The highest BCUT2D eigenvalue weighted by Crippen LogP contribution is 2.20. The smallest absolute Gasteiger partial charge is 0.260 e. The third kappa shape index (κ3) is 5.04. The van der Waals surface area contributed by atoms with Gasteiger partial charge in [0.1, 0.15) is 11.9 Å². The lowest BCUT2D eigenvalue weighted by Crippen LogP contribution is -2.50. The number of piperazine rings is 1. The maximum atomic E-state index is 12.3. The van der Waals surface area contributed by atoms with Crippen LogP contribution in [-0.2, 0) is 4.79 Å². The minimum atomic E-state index is -0.452. The molecule has 1 aliphatic heterocycles. The quantitative estimate of drug-likeness (QED) is 0.859. The van der Waals surface area contributed by atoms with E-state index in [9.17, 15) is 9.90 Å². The first kappa shape index (κ1) is 17.9. The molecule has 0 saturated carbocycles. The molecule has 1 unspecified atom stereocenters. The molecule has 0 bridgehead atoms. The number of thiophene rings is 1. The van der Waals surface area contributed by atoms with Crippen molar-refractivity contribution in [1.82, 2.24) is 9.80 Å². The first-order valence-corrected chi connectivity index (χ1v) is 9.41. The Morgan fingerprint density at radius 3 is 2.72 bits per heavy atom. The molecule has 2 aromatic rings. The van der Waals surface area contributed by atoms with Crippen molar-refractivity contribution in [3.63, 3.8) is 0 Å². The third-order valence-corrected chi connectivity index (χ3v) is 5.35. The summed E-state index contributed by atoms with van der Waals surface area (Å²) in [6, 6.07) is 11.6. The van der Waals surface area contributed by atoms with Crippen molar-refractivity contribution in [2.24, 2.45) is 0 Å². The molecular formula is C19H24N2O3S. The van der Waals surface area contributed by atoms with Crippen molar-refractivity contribution in [3.05, 3.63) is 52.2 Å². The average molecular weight is 360 g/mol. The minimum absolute atomic E-state index is 0.0139. The van der Waals surface area contributed by atoms with E-state index in [1.54, 1.807) is 11.3 Å². The molecule has 25 heavy (non-hydrogen) atoms. The molecule has 2 heterocycles. The number of nitrogens with zero attached hydrogens (tertiary/aromatic N) is 2. The number of hydrogen-bond acceptors (Lipinski definition) is 5. The predicted octanol–water partition coefficient (Wildman–Crippen LogP) is 2.31. The van der Waals surface area contributed by atoms with Gasteiger partial charge in [0.2, 0.25) is 0 Å². The van der Waals surface area contributed by atoms with Crippen LogP contribution in [-0.4, -0.2) is 60.1 Å². The molecule has 1 fully saturated rings. The molecule has 0 spiro atoms. The topological polar surface area (TPSA) is 53.0 Å². The molecule has 1 aromatic heterocycles. The maximum Gasteiger partial charge on any atom is 0.260 e. The first-order valence-electron chi connectivity index (χ1n) is 8.53. The van der Waals surface area contributed by atoms with Gasteiger partial charge in [-0.15, -0.1) is 11.3 Å². The van der Waals surface area contributed by atoms with E-state index in [1.807, 2.05) is 53.6 Å². The van der Waals surface area contributed by atoms with Crippen LogP contribution in [0.15, 0.2) is 41.8 Å². The van der Waals surface area contributed by atoms with Gasteiger partial charge in [-0.25, -0.2) is 0 Å². The van der Waals surface area contributed by atoms with Crippen molar-refractivity contribution in [3.8, 4) is 5.75 Å². The monoisotopic (exact) mass is 360 g/mol. The number of ether oxygens (including phenoxy) is 1. The van der Waals surface area contributed by atoms with Crippen LogP contribution >= 0.6 is 11.3 Å². The van der Waals surface area contributed by atoms with Gasteiger partial charge in [0.05, 0.1) is 0 Å². The second-order valence-electron chi connectivity index (χ2n) is 6.32. The van der Waals surface area contributed by atoms with E-state index < -0.39 is 6.10 Å². The molecule has 1 aromatic carbocycles. The van der Waals surface area contributed by atoms with E-state index >= 15 is 0 Å². The number of aliphatic hydroxyl groups excluding tert-OH is 1. The van der Waals surface area contributed by atoms with E-state index in [2.05, 4.69) is 4.90 Å². The summed E-state index contributed by atoms with van der Waals surface area (Å²) in [7, 11) is 0. The van der Waals surface area contributed by atoms with Crippen LogP contribution < -0.4 is 4.74 Å². The fourth-order valence-electron chi connectivity index (χ4n) is 2.94. The summed E-state index contributed by atoms with van der Waals surface area (Å²) in [4.78, 5) is 17.3. The molecule has 1 aliphatic rings. The number of hydrogen-bond donors (Lipinski definition) is 1. The van der Waals surface area contributed by atoms with E-state index in [0.29, 0.717) is 19.6 Å². The van der Waals surface area contributed by atoms with Crippen molar-refractivity contribution >= 4 is 17.2 Å². The van der Waals surface area contributed by atoms with Gasteiger partial charge in [0, 0.05) is 37.6 Å². The van der Waals surface area contributed by atoms with E-state index in [0.717, 1.165) is 29.3 Å². The minimum Gasteiger partial charge on any atom is -0.484 e. The molecule has 0 radical (unpaired) electrons. The summed E-state index contributed by atoms with van der Waals surface area (Å²) >= 11 is 1.57. The van der Waals surface area contributed by atoms with Crippen molar-refractivity contribution in [2.45, 2.75) is 13.0 Å². The second-order valence-corrected chi connectivity index (χ2v) is 7.30. The van der Waals surface area contributed by atoms with E-state index in [4.69, 9.17) is 4.74 Å². The van der Waals surface area contributed by atoms with Crippen LogP contribution in [0.5, 0.6) is 5.75 Å². The molecule has 6 heteroatoms. The number of carbonyl (C=O) groups is 1. The molecule has 0 aliphatic carbocycles. The Labute approximate surface area is 152 Å². The average Bonchev–Trinajstić information content (AvgIpc) is 3.15. The number of rotatable bonds is 6. The molecule has 134 valence electrons. The maximum absolute atomic E-state index is 12.3. The summed E-state index contributed by atoms with van der Waals surface area (Å²) in [6.07, 6.45) is -0.452. The summed E-state index contributed by atoms with van der Waals surface area (Å²) in [6.45, 7) is 5.58. The van der Waals surface area contributed by atoms with Crippen molar-refractivity contribution < 1.29 is 14.6 Å². The van der Waals surface area contributed by atoms with Gasteiger partial charge in [0.25, 0.3) is 5.91 Å². The van der Waals surface area contributed by atoms with Crippen LogP contribution in [0, 0.1) is 6.92 Å². The third-order valence-electron chi connectivity index (χ3n) is 4.38. The molecule has 1 amide bonds. The number of benzene rings is 1. The Bertz CT molecular complexity index is 682. The van der Waals surface area contributed by atoms with Gasteiger partial charge in [-0.05, 0) is 36.1 Å². The fraction of sp³-hybridized carbons (Fsp3) is 0.421. The number of aliphatic hydroxyl groups is 1. The Kier molecular flexibility index (Phi) is 6.07. The normalized spacial score (nSPS) is 16.6. The summed E-state index contributed by atoms with van der Waals surface area (Å²) in [5, 5.41) is 12.2. The molecule has 1 atom stereocenters. The van der Waals surface area contributed by atoms with Gasteiger partial charge < -0.3 is 14.7 Å². The number of β-amino-alcohol motifs (C(OH)–C–C–N with tert-alkyl or cyclic N) is 1. The Hall–Kier alpha value is -1.89. The second kappa shape index (κ2) is 8.47. The van der Waals surface area contributed by atoms with Crippen LogP contribution in [0.4, 0.5) is 0 Å². The number of amides is 1. The van der Waals surface area contributed by atoms with Crippen molar-refractivity contribution in [2.75, 3.05) is 39.3 Å². The van der Waals surface area contributed by atoms with Crippen LogP contribution in [0.2, 0.25) is 0 Å². The van der Waals surface area contributed by atoms with E-state index in [-0.39, 0.29) is 12.5 Å². The lowest BCUT2D eigenvalue weighted by Gasteiger charge is -2.35. The summed E-state index contributed by atoms with van der Waals surface area (Å²) < 4.78 is 5.60. The van der Waals surface area contributed by atoms with Gasteiger partial charge >= 0.3 is 0 Å². The SMILES string of the molecule is Cc1cccc(OCC(=O)N2CCN(CC(O)c3cccs3)CC2)c1. The molecule has 1 N–H and O–H groups in total. The number of carbonyl (C=O) groups excluding carboxylic acids is 1. The molecule has 1 saturated heterocycles. The number of aryl methyl sites for hydroxylation is 1. The van der Waals surface area contributed by atoms with Gasteiger partial charge in [-0.1, -0.05) is 18.2 Å². The first-order chi connectivity index (χ1) is 12.1. The van der Waals surface area contributed by atoms with E-state index in [1.165, 1.54) is 0 Å². The zero-order valence-electron chi connectivity index (χ0n) is 14.4. The molecular weight excluding hydrogens is 336 g/mol. The highest BCUT2D eigenvalue weighted by atomic mass is 32.1. The zero-order valence-corrected chi connectivity index (χ0v) is 15.2. The predicted molar refractivity (Wildman–Crippen MR) is 99.0 cm³/mol. The molecule has 3 rings (SSSR count). The molecule has 5 nitrogen and oxygen atoms in total. The Balaban J connectivity index is 1.41. The van der Waals surface area contributed by atoms with Crippen LogP contribution in [0.3, 0.4) is 0 Å². The summed E-state index contributed by atoms with van der Waals surface area (Å²) in [5.41, 5.74) is 1.11. The highest BCUT2D eigenvalue weighted by molar-refractivity contribution is 7.10. The fourth-order valence-corrected chi connectivity index (χ4v) is 3.64. The highest BCUT2D eigenvalue weighted by Gasteiger charge is 2.23. The zero-order chi connectivity index (χ0) is 17.6. The van der Waals surface area contributed by atoms with Gasteiger partial charge in [0.15, 0.2) is 6.61 Å². The van der Waals surface area contributed by atoms with Crippen molar-refractivity contribution in [1.29, 1.82) is 0 Å². The van der Waals surface area contributed by atoms with Gasteiger partial charge in [-0.2, -0.15) is 0 Å². The van der Waals surface area contributed by atoms with Crippen LogP contribution in [0.1, 0.15) is 16.5 Å². The lowest BCUT2D eigenvalue weighted by atomic mass is 10.2. The lowest BCUT2D eigenvalue weighted by molar-refractivity contribution is -0.135. The Morgan fingerprint density at radius 2 is 2.04 bits per heavy atom. The van der Waals surface area contributed by atoms with Gasteiger partial charge in [-0.3, -0.25) is 9.69 Å². The summed E-state index contributed by atoms with van der Waals surface area (Å²) in [5.74, 6) is 0.742. The standard InChI is InChI=1S/C19H24N2O3S/c1-15-4-2-5-16(12-15)24-14-19(23)21-9-7-20(8-10-21)13-17(22)18-6-3-11-25-18/h2-6,11-12,17,22H,7-10,13-14H2,1H3. The largest absolute Gasteiger partial charge is 0.484 e.